The van der Waals surface area contributed by atoms with Crippen molar-refractivity contribution in [3.63, 3.8) is 0 Å². The van der Waals surface area contributed by atoms with Crippen LogP contribution in [-0.4, -0.2) is 15.5 Å². The maximum absolute atomic E-state index is 10.7. The molecule has 2 aromatic rings. The SMILES string of the molecule is Cc1ccc2[nH]c(=S)n(CCCCC(N)=O)c2c1. The molecule has 0 fully saturated rings. The quantitative estimate of drug-likeness (QED) is 0.643. The summed E-state index contributed by atoms with van der Waals surface area (Å²) in [5.41, 5.74) is 8.51. The van der Waals surface area contributed by atoms with Crippen molar-refractivity contribution < 1.29 is 4.79 Å². The van der Waals surface area contributed by atoms with Gasteiger partial charge in [-0.05, 0) is 49.7 Å². The van der Waals surface area contributed by atoms with Gasteiger partial charge in [0.25, 0.3) is 0 Å². The highest BCUT2D eigenvalue weighted by Gasteiger charge is 2.04. The molecule has 4 nitrogen and oxygen atoms in total. The first-order chi connectivity index (χ1) is 8.58. The van der Waals surface area contributed by atoms with Crippen LogP contribution in [0.25, 0.3) is 11.0 Å². The number of primary amides is 1. The van der Waals surface area contributed by atoms with E-state index in [2.05, 4.69) is 28.6 Å². The highest BCUT2D eigenvalue weighted by Crippen LogP contribution is 2.16. The van der Waals surface area contributed by atoms with Gasteiger partial charge in [-0.3, -0.25) is 4.79 Å². The monoisotopic (exact) mass is 263 g/mol. The Morgan fingerprint density at radius 3 is 2.94 bits per heavy atom. The van der Waals surface area contributed by atoms with Gasteiger partial charge in [0, 0.05) is 13.0 Å². The van der Waals surface area contributed by atoms with Crippen LogP contribution in [-0.2, 0) is 11.3 Å². The number of nitrogens with one attached hydrogen (secondary N) is 1. The van der Waals surface area contributed by atoms with Crippen LogP contribution in [0.5, 0.6) is 0 Å². The number of hydrogen-bond acceptors (Lipinski definition) is 2. The molecule has 0 aliphatic carbocycles. The Bertz CT molecular complexity index is 627. The second-order valence-electron chi connectivity index (χ2n) is 4.53. The summed E-state index contributed by atoms with van der Waals surface area (Å²) in [6, 6.07) is 6.22. The van der Waals surface area contributed by atoms with Gasteiger partial charge in [0.2, 0.25) is 5.91 Å². The molecule has 18 heavy (non-hydrogen) atoms. The van der Waals surface area contributed by atoms with Gasteiger partial charge >= 0.3 is 0 Å². The summed E-state index contributed by atoms with van der Waals surface area (Å²) in [6.07, 6.45) is 2.14. The van der Waals surface area contributed by atoms with Crippen LogP contribution in [0.15, 0.2) is 18.2 Å². The molecule has 0 atom stereocenters. The summed E-state index contributed by atoms with van der Waals surface area (Å²) in [6.45, 7) is 2.88. The Morgan fingerprint density at radius 2 is 2.22 bits per heavy atom. The van der Waals surface area contributed by atoms with Gasteiger partial charge in [0.05, 0.1) is 11.0 Å². The van der Waals surface area contributed by atoms with E-state index in [0.29, 0.717) is 6.42 Å². The van der Waals surface area contributed by atoms with Crippen molar-refractivity contribution in [1.82, 2.24) is 9.55 Å². The molecule has 0 bridgehead atoms. The molecule has 0 aliphatic rings. The Morgan fingerprint density at radius 1 is 1.44 bits per heavy atom. The smallest absolute Gasteiger partial charge is 0.217 e. The average Bonchev–Trinajstić information content (AvgIpc) is 2.60. The Labute approximate surface area is 111 Å². The van der Waals surface area contributed by atoms with E-state index in [-0.39, 0.29) is 5.91 Å². The fraction of sp³-hybridized carbons (Fsp3) is 0.385. The van der Waals surface area contributed by atoms with E-state index in [4.69, 9.17) is 18.0 Å². The maximum atomic E-state index is 10.7. The number of nitrogens with two attached hydrogens (primary N) is 1. The molecule has 0 saturated carbocycles. The van der Waals surface area contributed by atoms with Crippen molar-refractivity contribution >= 4 is 29.2 Å². The third-order valence-corrected chi connectivity index (χ3v) is 3.31. The first-order valence-electron chi connectivity index (χ1n) is 6.05. The van der Waals surface area contributed by atoms with Crippen LogP contribution in [0, 0.1) is 11.7 Å². The number of unbranched alkanes of at least 4 members (excludes halogenated alkanes) is 1. The molecule has 1 aromatic carbocycles. The average molecular weight is 263 g/mol. The minimum Gasteiger partial charge on any atom is -0.370 e. The highest BCUT2D eigenvalue weighted by atomic mass is 32.1. The number of aromatic nitrogens is 2. The predicted octanol–water partition coefficient (Wildman–Crippen LogP) is 2.66. The molecule has 1 amide bonds. The molecule has 0 saturated heterocycles. The molecule has 2 rings (SSSR count). The van der Waals surface area contributed by atoms with E-state index in [1.165, 1.54) is 5.56 Å². The second kappa shape index (κ2) is 5.35. The fourth-order valence-electron chi connectivity index (χ4n) is 2.05. The summed E-state index contributed by atoms with van der Waals surface area (Å²) in [5.74, 6) is -0.242. The third kappa shape index (κ3) is 2.79. The normalized spacial score (nSPS) is 10.9. The predicted molar refractivity (Wildman–Crippen MR) is 74.9 cm³/mol. The summed E-state index contributed by atoms with van der Waals surface area (Å²) in [5, 5.41) is 0. The molecule has 3 N–H and O–H groups in total. The molecule has 96 valence electrons. The molecule has 5 heteroatoms. The number of H-pyrrole nitrogens is 1. The standard InChI is InChI=1S/C13H17N3OS/c1-9-5-6-10-11(8-9)16(13(18)15-10)7-3-2-4-12(14)17/h5-6,8H,2-4,7H2,1H3,(H2,14,17)(H,15,18). The lowest BCUT2D eigenvalue weighted by atomic mass is 10.2. The largest absolute Gasteiger partial charge is 0.370 e. The van der Waals surface area contributed by atoms with E-state index in [1.54, 1.807) is 0 Å². The topological polar surface area (TPSA) is 63.8 Å². The second-order valence-corrected chi connectivity index (χ2v) is 4.91. The minimum atomic E-state index is -0.242. The van der Waals surface area contributed by atoms with Gasteiger partial charge in [0.1, 0.15) is 0 Å². The van der Waals surface area contributed by atoms with Crippen LogP contribution >= 0.6 is 12.2 Å². The first-order valence-corrected chi connectivity index (χ1v) is 6.46. The number of carbonyl (C=O) groups is 1. The first kappa shape index (κ1) is 12.8. The van der Waals surface area contributed by atoms with Crippen LogP contribution in [0.1, 0.15) is 24.8 Å². The lowest BCUT2D eigenvalue weighted by Gasteiger charge is -2.04. The number of aromatic amines is 1. The Balaban J connectivity index is 2.17. The van der Waals surface area contributed by atoms with E-state index in [0.717, 1.165) is 35.2 Å². The Hall–Kier alpha value is -1.62. The molecular formula is C13H17N3OS. The van der Waals surface area contributed by atoms with Gasteiger partial charge in [-0.1, -0.05) is 6.07 Å². The molecule has 1 heterocycles. The zero-order valence-corrected chi connectivity index (χ0v) is 11.2. The zero-order chi connectivity index (χ0) is 13.1. The van der Waals surface area contributed by atoms with Gasteiger partial charge in [-0.25, -0.2) is 0 Å². The minimum absolute atomic E-state index is 0.242. The number of amides is 1. The molecule has 0 radical (unpaired) electrons. The summed E-state index contributed by atoms with van der Waals surface area (Å²) >= 11 is 5.31. The van der Waals surface area contributed by atoms with E-state index in [1.807, 2.05) is 6.07 Å². The van der Waals surface area contributed by atoms with Crippen LogP contribution in [0.3, 0.4) is 0 Å². The van der Waals surface area contributed by atoms with E-state index >= 15 is 0 Å². The number of imidazole rings is 1. The highest BCUT2D eigenvalue weighted by molar-refractivity contribution is 7.71. The molecule has 1 aromatic heterocycles. The number of benzene rings is 1. The maximum Gasteiger partial charge on any atom is 0.217 e. The number of rotatable bonds is 5. The zero-order valence-electron chi connectivity index (χ0n) is 10.4. The number of hydrogen-bond donors (Lipinski definition) is 2. The van der Waals surface area contributed by atoms with E-state index in [9.17, 15) is 4.79 Å². The third-order valence-electron chi connectivity index (χ3n) is 2.99. The molecule has 0 unspecified atom stereocenters. The Kier molecular flexibility index (Phi) is 3.81. The van der Waals surface area contributed by atoms with Crippen molar-refractivity contribution in [1.29, 1.82) is 0 Å². The number of aryl methyl sites for hydroxylation is 2. The summed E-state index contributed by atoms with van der Waals surface area (Å²) in [7, 11) is 0. The summed E-state index contributed by atoms with van der Waals surface area (Å²) in [4.78, 5) is 13.9. The van der Waals surface area contributed by atoms with Crippen molar-refractivity contribution in [2.75, 3.05) is 0 Å². The van der Waals surface area contributed by atoms with Gasteiger partial charge in [-0.2, -0.15) is 0 Å². The lowest BCUT2D eigenvalue weighted by molar-refractivity contribution is -0.118. The van der Waals surface area contributed by atoms with E-state index < -0.39 is 0 Å². The molecule has 0 spiro atoms. The van der Waals surface area contributed by atoms with Gasteiger partial charge < -0.3 is 15.3 Å². The van der Waals surface area contributed by atoms with Crippen molar-refractivity contribution in [2.45, 2.75) is 32.7 Å². The van der Waals surface area contributed by atoms with Crippen molar-refractivity contribution in [3.8, 4) is 0 Å². The number of carbonyl (C=O) groups excluding carboxylic acids is 1. The molecular weight excluding hydrogens is 246 g/mol. The number of fused-ring (bicyclic) bond motifs is 1. The van der Waals surface area contributed by atoms with Gasteiger partial charge in [0.15, 0.2) is 4.77 Å². The van der Waals surface area contributed by atoms with Crippen LogP contribution in [0.4, 0.5) is 0 Å². The van der Waals surface area contributed by atoms with Crippen LogP contribution < -0.4 is 5.73 Å². The van der Waals surface area contributed by atoms with Crippen molar-refractivity contribution in [3.05, 3.63) is 28.5 Å². The van der Waals surface area contributed by atoms with Crippen LogP contribution in [0.2, 0.25) is 0 Å². The fourth-order valence-corrected chi connectivity index (χ4v) is 2.35. The molecule has 0 aliphatic heterocycles. The van der Waals surface area contributed by atoms with Crippen molar-refractivity contribution in [2.24, 2.45) is 5.73 Å². The summed E-state index contributed by atoms with van der Waals surface area (Å²) < 4.78 is 2.81. The van der Waals surface area contributed by atoms with Gasteiger partial charge in [-0.15, -0.1) is 0 Å². The lowest BCUT2D eigenvalue weighted by Crippen LogP contribution is -2.10. The number of nitrogens with zero attached hydrogens (tertiary/aromatic N) is 1.